The molecular formula is C26H34N2O4. The van der Waals surface area contributed by atoms with E-state index in [1.807, 2.05) is 6.07 Å². The van der Waals surface area contributed by atoms with Crippen LogP contribution in [0.1, 0.15) is 63.3 Å². The monoisotopic (exact) mass is 438 g/mol. The first kappa shape index (κ1) is 23.8. The van der Waals surface area contributed by atoms with Gasteiger partial charge in [-0.1, -0.05) is 57.0 Å². The SMILES string of the molecule is CCCCN(CCCC)CCCN1C(=O)C(=O)C(=C(O)c2ccccc2)[C@H]1c1ccco1. The number of amides is 1. The highest BCUT2D eigenvalue weighted by molar-refractivity contribution is 6.46. The van der Waals surface area contributed by atoms with Crippen LogP contribution in [0.2, 0.25) is 0 Å². The molecule has 0 radical (unpaired) electrons. The smallest absolute Gasteiger partial charge is 0.295 e. The minimum atomic E-state index is -0.718. The van der Waals surface area contributed by atoms with E-state index >= 15 is 0 Å². The van der Waals surface area contributed by atoms with Gasteiger partial charge in [-0.2, -0.15) is 0 Å². The van der Waals surface area contributed by atoms with Crippen LogP contribution in [0.3, 0.4) is 0 Å². The lowest BCUT2D eigenvalue weighted by Crippen LogP contribution is -2.34. The van der Waals surface area contributed by atoms with Crippen molar-refractivity contribution < 1.29 is 19.1 Å². The van der Waals surface area contributed by atoms with E-state index in [1.165, 1.54) is 6.26 Å². The van der Waals surface area contributed by atoms with Gasteiger partial charge in [-0.25, -0.2) is 0 Å². The molecule has 1 aromatic heterocycles. The van der Waals surface area contributed by atoms with Crippen LogP contribution in [-0.4, -0.2) is 52.8 Å². The van der Waals surface area contributed by atoms with Crippen molar-refractivity contribution in [1.82, 2.24) is 9.80 Å². The lowest BCUT2D eigenvalue weighted by Gasteiger charge is -2.26. The maximum absolute atomic E-state index is 13.0. The summed E-state index contributed by atoms with van der Waals surface area (Å²) in [6.07, 6.45) is 6.87. The molecule has 6 heteroatoms. The first-order chi connectivity index (χ1) is 15.6. The van der Waals surface area contributed by atoms with Crippen molar-refractivity contribution >= 4 is 17.4 Å². The molecule has 1 N–H and O–H groups in total. The third kappa shape index (κ3) is 5.49. The van der Waals surface area contributed by atoms with Crippen molar-refractivity contribution in [2.75, 3.05) is 26.2 Å². The Kier molecular flexibility index (Phi) is 8.68. The van der Waals surface area contributed by atoms with Crippen LogP contribution < -0.4 is 0 Å². The molecule has 1 saturated heterocycles. The van der Waals surface area contributed by atoms with E-state index < -0.39 is 17.7 Å². The Hall–Kier alpha value is -2.86. The number of hydrogen-bond acceptors (Lipinski definition) is 5. The maximum atomic E-state index is 13.0. The van der Waals surface area contributed by atoms with Gasteiger partial charge in [-0.05, 0) is 51.0 Å². The number of Topliss-reactive ketones (excluding diaryl/α,β-unsaturated/α-hetero) is 1. The van der Waals surface area contributed by atoms with Gasteiger partial charge in [0.1, 0.15) is 17.6 Å². The van der Waals surface area contributed by atoms with E-state index in [4.69, 9.17) is 4.42 Å². The molecule has 0 spiro atoms. The molecule has 3 rings (SSSR count). The lowest BCUT2D eigenvalue weighted by atomic mass is 9.99. The maximum Gasteiger partial charge on any atom is 0.295 e. The highest BCUT2D eigenvalue weighted by Gasteiger charge is 2.47. The van der Waals surface area contributed by atoms with Gasteiger partial charge in [0, 0.05) is 12.1 Å². The van der Waals surface area contributed by atoms with E-state index in [0.717, 1.165) is 51.7 Å². The molecule has 1 aliphatic heterocycles. The fourth-order valence-electron chi connectivity index (χ4n) is 4.17. The van der Waals surface area contributed by atoms with E-state index in [1.54, 1.807) is 41.3 Å². The van der Waals surface area contributed by atoms with Crippen LogP contribution in [0.15, 0.2) is 58.7 Å². The average molecular weight is 439 g/mol. The zero-order valence-corrected chi connectivity index (χ0v) is 19.1. The fourth-order valence-corrected chi connectivity index (χ4v) is 4.17. The number of benzene rings is 1. The molecule has 1 fully saturated rings. The summed E-state index contributed by atoms with van der Waals surface area (Å²) < 4.78 is 5.59. The highest BCUT2D eigenvalue weighted by atomic mass is 16.3. The van der Waals surface area contributed by atoms with Crippen molar-refractivity contribution in [2.24, 2.45) is 0 Å². The Morgan fingerprint density at radius 1 is 0.969 bits per heavy atom. The van der Waals surface area contributed by atoms with Crippen molar-refractivity contribution in [3.63, 3.8) is 0 Å². The van der Waals surface area contributed by atoms with Crippen LogP contribution in [0.25, 0.3) is 5.76 Å². The van der Waals surface area contributed by atoms with Gasteiger partial charge in [0.05, 0.1) is 11.8 Å². The fraction of sp³-hybridized carbons (Fsp3) is 0.462. The summed E-state index contributed by atoms with van der Waals surface area (Å²) in [4.78, 5) is 29.9. The summed E-state index contributed by atoms with van der Waals surface area (Å²) in [7, 11) is 0. The van der Waals surface area contributed by atoms with Gasteiger partial charge in [-0.3, -0.25) is 9.59 Å². The predicted octanol–water partition coefficient (Wildman–Crippen LogP) is 4.99. The summed E-state index contributed by atoms with van der Waals surface area (Å²) >= 11 is 0. The van der Waals surface area contributed by atoms with Crippen molar-refractivity contribution in [2.45, 2.75) is 52.0 Å². The quantitative estimate of drug-likeness (QED) is 0.287. The highest BCUT2D eigenvalue weighted by Crippen LogP contribution is 2.39. The molecule has 2 heterocycles. The normalized spacial score (nSPS) is 18.1. The minimum Gasteiger partial charge on any atom is -0.507 e. The van der Waals surface area contributed by atoms with Crippen LogP contribution in [0.5, 0.6) is 0 Å². The Morgan fingerprint density at radius 2 is 1.62 bits per heavy atom. The summed E-state index contributed by atoms with van der Waals surface area (Å²) in [5.74, 6) is -0.935. The number of furan rings is 1. The largest absolute Gasteiger partial charge is 0.507 e. The topological polar surface area (TPSA) is 74.0 Å². The van der Waals surface area contributed by atoms with Crippen molar-refractivity contribution in [3.05, 3.63) is 65.6 Å². The molecule has 1 aliphatic rings. The Balaban J connectivity index is 1.82. The summed E-state index contributed by atoms with van der Waals surface area (Å²) in [6, 6.07) is 11.6. The second-order valence-electron chi connectivity index (χ2n) is 8.28. The average Bonchev–Trinajstić information content (AvgIpc) is 3.43. The molecule has 32 heavy (non-hydrogen) atoms. The Labute approximate surface area is 190 Å². The molecule has 0 unspecified atom stereocenters. The van der Waals surface area contributed by atoms with Crippen molar-refractivity contribution in [1.29, 1.82) is 0 Å². The molecule has 0 aliphatic carbocycles. The molecule has 172 valence electrons. The molecule has 0 saturated carbocycles. The van der Waals surface area contributed by atoms with Crippen LogP contribution in [0.4, 0.5) is 0 Å². The summed E-state index contributed by atoms with van der Waals surface area (Å²) in [6.45, 7) is 7.76. The van der Waals surface area contributed by atoms with E-state index in [9.17, 15) is 14.7 Å². The number of carbonyl (C=O) groups excluding carboxylic acids is 2. The van der Waals surface area contributed by atoms with E-state index in [-0.39, 0.29) is 11.3 Å². The zero-order valence-electron chi connectivity index (χ0n) is 19.1. The molecular weight excluding hydrogens is 404 g/mol. The second-order valence-corrected chi connectivity index (χ2v) is 8.28. The molecule has 0 bridgehead atoms. The summed E-state index contributed by atoms with van der Waals surface area (Å²) in [5.41, 5.74) is 0.595. The number of ketones is 1. The molecule has 2 aromatic rings. The number of aliphatic hydroxyl groups excluding tert-OH is 1. The summed E-state index contributed by atoms with van der Waals surface area (Å²) in [5, 5.41) is 10.9. The molecule has 1 atom stereocenters. The third-order valence-corrected chi connectivity index (χ3v) is 5.93. The van der Waals surface area contributed by atoms with Crippen molar-refractivity contribution in [3.8, 4) is 0 Å². The van der Waals surface area contributed by atoms with Gasteiger partial charge in [0.2, 0.25) is 0 Å². The zero-order chi connectivity index (χ0) is 22.9. The standard InChI is InChI=1S/C26H34N2O4/c1-3-5-15-27(16-6-4-2)17-11-18-28-23(21-14-10-19-32-21)22(25(30)26(28)31)24(29)20-12-8-7-9-13-20/h7-10,12-14,19,23,29H,3-6,11,15-18H2,1-2H3/t23-/m1/s1. The lowest BCUT2D eigenvalue weighted by molar-refractivity contribution is -0.140. The van der Waals surface area contributed by atoms with Gasteiger partial charge < -0.3 is 19.3 Å². The molecule has 1 amide bonds. The Morgan fingerprint density at radius 3 is 2.22 bits per heavy atom. The number of rotatable bonds is 12. The molecule has 6 nitrogen and oxygen atoms in total. The van der Waals surface area contributed by atoms with Crippen LogP contribution in [-0.2, 0) is 9.59 Å². The van der Waals surface area contributed by atoms with E-state index in [2.05, 4.69) is 18.7 Å². The second kappa shape index (κ2) is 11.7. The first-order valence-electron chi connectivity index (χ1n) is 11.7. The molecule has 1 aromatic carbocycles. The van der Waals surface area contributed by atoms with E-state index in [0.29, 0.717) is 17.9 Å². The number of likely N-dealkylation sites (tertiary alicyclic amines) is 1. The number of aliphatic hydroxyl groups is 1. The van der Waals surface area contributed by atoms with Gasteiger partial charge >= 0.3 is 0 Å². The van der Waals surface area contributed by atoms with Crippen LogP contribution >= 0.6 is 0 Å². The third-order valence-electron chi connectivity index (χ3n) is 5.93. The number of hydrogen-bond donors (Lipinski definition) is 1. The van der Waals surface area contributed by atoms with Crippen LogP contribution in [0, 0.1) is 0 Å². The van der Waals surface area contributed by atoms with Gasteiger partial charge in [0.15, 0.2) is 0 Å². The Bertz CT molecular complexity index is 897. The number of nitrogens with zero attached hydrogens (tertiary/aromatic N) is 2. The number of unbranched alkanes of at least 4 members (excludes halogenated alkanes) is 2. The van der Waals surface area contributed by atoms with Gasteiger partial charge in [-0.15, -0.1) is 0 Å². The minimum absolute atomic E-state index is 0.0879. The first-order valence-corrected chi connectivity index (χ1v) is 11.7. The predicted molar refractivity (Wildman–Crippen MR) is 125 cm³/mol. The number of carbonyl (C=O) groups is 2. The van der Waals surface area contributed by atoms with Gasteiger partial charge in [0.25, 0.3) is 11.7 Å².